The number of fused-ring (bicyclic) bond motifs is 2. The van der Waals surface area contributed by atoms with E-state index < -0.39 is 5.60 Å². The summed E-state index contributed by atoms with van der Waals surface area (Å²) in [6.45, 7) is 5.88. The van der Waals surface area contributed by atoms with Crippen LogP contribution < -0.4 is 0 Å². The standard InChI is InChI=1S/C13H22O2/c1-12(2,3)11(14)10-7-9-5-4-6-13(10,15)8-9/h9-10,15H,4-8H2,1-3H3. The Balaban J connectivity index is 2.20. The summed E-state index contributed by atoms with van der Waals surface area (Å²) in [5, 5.41) is 10.5. The van der Waals surface area contributed by atoms with Crippen LogP contribution in [0.15, 0.2) is 0 Å². The number of rotatable bonds is 1. The van der Waals surface area contributed by atoms with Gasteiger partial charge in [0.1, 0.15) is 5.78 Å². The normalized spacial score (nSPS) is 40.5. The summed E-state index contributed by atoms with van der Waals surface area (Å²) in [4.78, 5) is 12.3. The quantitative estimate of drug-likeness (QED) is 0.722. The molecule has 0 radical (unpaired) electrons. The van der Waals surface area contributed by atoms with Gasteiger partial charge < -0.3 is 5.11 Å². The van der Waals surface area contributed by atoms with Crippen molar-refractivity contribution in [1.82, 2.24) is 0 Å². The smallest absolute Gasteiger partial charge is 0.144 e. The van der Waals surface area contributed by atoms with Crippen molar-refractivity contribution >= 4 is 5.78 Å². The molecule has 0 aromatic rings. The number of aliphatic hydroxyl groups is 1. The first-order chi connectivity index (χ1) is 6.83. The highest BCUT2D eigenvalue weighted by Crippen LogP contribution is 2.50. The second-order valence-electron chi connectivity index (χ2n) is 6.47. The fourth-order valence-electron chi connectivity index (χ4n) is 3.35. The van der Waals surface area contributed by atoms with Gasteiger partial charge in [-0.15, -0.1) is 0 Å². The minimum atomic E-state index is -0.659. The molecule has 0 heterocycles. The van der Waals surface area contributed by atoms with Gasteiger partial charge in [-0.2, -0.15) is 0 Å². The second-order valence-corrected chi connectivity index (χ2v) is 6.47. The highest BCUT2D eigenvalue weighted by Gasteiger charge is 2.52. The topological polar surface area (TPSA) is 37.3 Å². The summed E-state index contributed by atoms with van der Waals surface area (Å²) in [5.41, 5.74) is -0.967. The van der Waals surface area contributed by atoms with Crippen LogP contribution in [0.5, 0.6) is 0 Å². The molecule has 3 atom stereocenters. The van der Waals surface area contributed by atoms with Crippen LogP contribution >= 0.6 is 0 Å². The number of carbonyl (C=O) groups is 1. The molecule has 0 spiro atoms. The first-order valence-electron chi connectivity index (χ1n) is 6.10. The van der Waals surface area contributed by atoms with Crippen molar-refractivity contribution in [1.29, 1.82) is 0 Å². The van der Waals surface area contributed by atoms with Crippen LogP contribution in [0, 0.1) is 17.3 Å². The first-order valence-corrected chi connectivity index (χ1v) is 6.10. The number of Topliss-reactive ketones (excluding diaryl/α,β-unsaturated/α-hetero) is 1. The van der Waals surface area contributed by atoms with E-state index in [1.807, 2.05) is 20.8 Å². The first kappa shape index (κ1) is 11.1. The Morgan fingerprint density at radius 2 is 2.07 bits per heavy atom. The summed E-state index contributed by atoms with van der Waals surface area (Å²) in [7, 11) is 0. The monoisotopic (exact) mass is 210 g/mol. The molecule has 2 aliphatic carbocycles. The van der Waals surface area contributed by atoms with Crippen molar-refractivity contribution in [2.75, 3.05) is 0 Å². The predicted molar refractivity (Wildman–Crippen MR) is 59.5 cm³/mol. The van der Waals surface area contributed by atoms with Crippen LogP contribution in [-0.4, -0.2) is 16.5 Å². The van der Waals surface area contributed by atoms with Crippen molar-refractivity contribution in [2.45, 2.75) is 58.5 Å². The van der Waals surface area contributed by atoms with E-state index >= 15 is 0 Å². The van der Waals surface area contributed by atoms with E-state index in [1.165, 1.54) is 6.42 Å². The van der Waals surface area contributed by atoms with Crippen LogP contribution in [0.4, 0.5) is 0 Å². The Morgan fingerprint density at radius 3 is 2.60 bits per heavy atom. The average Bonchev–Trinajstić information content (AvgIpc) is 2.33. The third-order valence-corrected chi connectivity index (χ3v) is 4.14. The molecule has 3 unspecified atom stereocenters. The maximum absolute atomic E-state index is 12.3. The third kappa shape index (κ3) is 1.84. The molecule has 0 aromatic carbocycles. The lowest BCUT2D eigenvalue weighted by atomic mass is 9.75. The molecule has 0 amide bonds. The minimum absolute atomic E-state index is 0.0926. The maximum Gasteiger partial charge on any atom is 0.144 e. The fourth-order valence-corrected chi connectivity index (χ4v) is 3.35. The molecule has 2 saturated carbocycles. The number of carbonyl (C=O) groups excluding carboxylic acids is 1. The van der Waals surface area contributed by atoms with Gasteiger partial charge in [-0.25, -0.2) is 0 Å². The summed E-state index contributed by atoms with van der Waals surface area (Å²) in [6.07, 6.45) is 4.91. The second kappa shape index (κ2) is 3.31. The molecule has 0 saturated heterocycles. The van der Waals surface area contributed by atoms with Gasteiger partial charge in [0.25, 0.3) is 0 Å². The van der Waals surface area contributed by atoms with Crippen molar-refractivity contribution < 1.29 is 9.90 Å². The molecule has 0 aliphatic heterocycles. The van der Waals surface area contributed by atoms with Gasteiger partial charge in [-0.1, -0.05) is 33.6 Å². The van der Waals surface area contributed by atoms with Crippen molar-refractivity contribution in [3.05, 3.63) is 0 Å². The van der Waals surface area contributed by atoms with E-state index in [2.05, 4.69) is 0 Å². The maximum atomic E-state index is 12.3. The zero-order chi connectivity index (χ0) is 11.3. The molecule has 2 rings (SSSR count). The van der Waals surface area contributed by atoms with Crippen LogP contribution in [0.1, 0.15) is 52.9 Å². The minimum Gasteiger partial charge on any atom is -0.389 e. The van der Waals surface area contributed by atoms with Gasteiger partial charge in [-0.05, 0) is 25.2 Å². The number of hydrogen-bond acceptors (Lipinski definition) is 2. The summed E-state index contributed by atoms with van der Waals surface area (Å²) < 4.78 is 0. The van der Waals surface area contributed by atoms with Gasteiger partial charge in [0.15, 0.2) is 0 Å². The van der Waals surface area contributed by atoms with Gasteiger partial charge in [-0.3, -0.25) is 4.79 Å². The van der Waals surface area contributed by atoms with Crippen molar-refractivity contribution in [3.8, 4) is 0 Å². The van der Waals surface area contributed by atoms with Crippen molar-refractivity contribution in [2.24, 2.45) is 17.3 Å². The lowest BCUT2D eigenvalue weighted by Gasteiger charge is -2.34. The fraction of sp³-hybridized carbons (Fsp3) is 0.923. The Labute approximate surface area is 92.1 Å². The highest BCUT2D eigenvalue weighted by molar-refractivity contribution is 5.87. The zero-order valence-electron chi connectivity index (χ0n) is 10.0. The molecule has 2 aliphatic rings. The molecule has 2 fully saturated rings. The highest BCUT2D eigenvalue weighted by atomic mass is 16.3. The molecular formula is C13H22O2. The molecule has 1 N–H and O–H groups in total. The van der Waals surface area contributed by atoms with Crippen LogP contribution in [0.3, 0.4) is 0 Å². The van der Waals surface area contributed by atoms with Gasteiger partial charge in [0, 0.05) is 11.3 Å². The molecule has 2 nitrogen and oxygen atoms in total. The number of hydrogen-bond donors (Lipinski definition) is 1. The van der Waals surface area contributed by atoms with Crippen LogP contribution in [0.2, 0.25) is 0 Å². The average molecular weight is 210 g/mol. The van der Waals surface area contributed by atoms with Gasteiger partial charge in [0.05, 0.1) is 5.60 Å². The van der Waals surface area contributed by atoms with Gasteiger partial charge in [0.2, 0.25) is 0 Å². The van der Waals surface area contributed by atoms with E-state index in [-0.39, 0.29) is 17.1 Å². The Bertz CT molecular complexity index is 277. The molecule has 2 bridgehead atoms. The molecular weight excluding hydrogens is 188 g/mol. The summed E-state index contributed by atoms with van der Waals surface area (Å²) in [5.74, 6) is 0.763. The largest absolute Gasteiger partial charge is 0.389 e. The molecule has 2 heteroatoms. The Hall–Kier alpha value is -0.370. The van der Waals surface area contributed by atoms with E-state index in [0.29, 0.717) is 5.92 Å². The van der Waals surface area contributed by atoms with E-state index in [0.717, 1.165) is 25.7 Å². The predicted octanol–water partition coefficient (Wildman–Crippen LogP) is 2.54. The lowest BCUT2D eigenvalue weighted by Crippen LogP contribution is -2.42. The van der Waals surface area contributed by atoms with E-state index in [4.69, 9.17) is 0 Å². The van der Waals surface area contributed by atoms with Crippen LogP contribution in [-0.2, 0) is 4.79 Å². The van der Waals surface area contributed by atoms with Crippen LogP contribution in [0.25, 0.3) is 0 Å². The van der Waals surface area contributed by atoms with Gasteiger partial charge >= 0.3 is 0 Å². The molecule has 0 aromatic heterocycles. The molecule has 86 valence electrons. The Kier molecular flexibility index (Phi) is 2.45. The lowest BCUT2D eigenvalue weighted by molar-refractivity contribution is -0.138. The Morgan fingerprint density at radius 1 is 1.40 bits per heavy atom. The SMILES string of the molecule is CC(C)(C)C(=O)C1CC2CCCC1(O)C2. The van der Waals surface area contributed by atoms with E-state index in [1.54, 1.807) is 0 Å². The number of ketones is 1. The zero-order valence-corrected chi connectivity index (χ0v) is 10.0. The van der Waals surface area contributed by atoms with E-state index in [9.17, 15) is 9.90 Å². The molecule has 15 heavy (non-hydrogen) atoms. The third-order valence-electron chi connectivity index (χ3n) is 4.14. The summed E-state index contributed by atoms with van der Waals surface area (Å²) >= 11 is 0. The van der Waals surface area contributed by atoms with Crippen molar-refractivity contribution in [3.63, 3.8) is 0 Å². The summed E-state index contributed by atoms with van der Waals surface area (Å²) in [6, 6.07) is 0.